The molecular formula is C31H33F2N7O3. The van der Waals surface area contributed by atoms with Gasteiger partial charge in [-0.05, 0) is 68.6 Å². The summed E-state index contributed by atoms with van der Waals surface area (Å²) in [5.74, 6) is -1.92. The molecule has 6 rings (SSSR count). The van der Waals surface area contributed by atoms with Crippen LogP contribution in [0.5, 0.6) is 5.75 Å². The van der Waals surface area contributed by atoms with Crippen molar-refractivity contribution in [3.8, 4) is 17.0 Å². The van der Waals surface area contributed by atoms with E-state index in [1.807, 2.05) is 17.9 Å². The average molecular weight is 590 g/mol. The van der Waals surface area contributed by atoms with Crippen molar-refractivity contribution in [2.45, 2.75) is 32.2 Å². The highest BCUT2D eigenvalue weighted by Crippen LogP contribution is 2.32. The zero-order valence-corrected chi connectivity index (χ0v) is 24.0. The number of nitrogens with one attached hydrogen (secondary N) is 3. The molecular weight excluding hydrogens is 556 g/mol. The number of piperidine rings is 1. The van der Waals surface area contributed by atoms with Gasteiger partial charge in [-0.25, -0.2) is 14.4 Å². The maximum atomic E-state index is 14.8. The highest BCUT2D eigenvalue weighted by molar-refractivity contribution is 5.96. The predicted octanol–water partition coefficient (Wildman–Crippen LogP) is 4.07. The largest absolute Gasteiger partial charge is 0.494 e. The minimum absolute atomic E-state index is 0.0393. The second-order valence-corrected chi connectivity index (χ2v) is 11.0. The molecule has 43 heavy (non-hydrogen) atoms. The molecule has 3 N–H and O–H groups in total. The summed E-state index contributed by atoms with van der Waals surface area (Å²) in [7, 11) is 1.28. The number of imidazole rings is 1. The van der Waals surface area contributed by atoms with E-state index >= 15 is 0 Å². The molecule has 12 heteroatoms. The molecule has 1 atom stereocenters. The van der Waals surface area contributed by atoms with E-state index in [2.05, 4.69) is 25.9 Å². The van der Waals surface area contributed by atoms with Crippen LogP contribution in [-0.4, -0.2) is 70.4 Å². The smallest absolute Gasteiger partial charge is 0.254 e. The molecule has 2 amide bonds. The van der Waals surface area contributed by atoms with Crippen molar-refractivity contribution in [3.63, 3.8) is 0 Å². The highest BCUT2D eigenvalue weighted by Gasteiger charge is 2.30. The monoisotopic (exact) mass is 589 g/mol. The van der Waals surface area contributed by atoms with Gasteiger partial charge in [0.2, 0.25) is 11.7 Å². The Morgan fingerprint density at radius 2 is 1.88 bits per heavy atom. The number of carbonyl (C=O) groups is 2. The molecule has 2 aliphatic heterocycles. The maximum absolute atomic E-state index is 14.8. The fourth-order valence-electron chi connectivity index (χ4n) is 5.82. The Bertz CT molecular complexity index is 1680. The standard InChI is InChI=1S/C31H33F2N7O3/c1-18-15-20(3-4-22(18)31(42)39-12-8-19(9-13-39)30(41)38-21-7-10-34-16-21)37-28-29-36-17-24(40(29)14-11-35-28)23-5-6-25(43-2)27(33)26(23)32/h3-6,11,14-15,17,19,21,34H,7-10,12-13,16H2,1-2H3,(H,35,37)(H,38,41). The fraction of sp³-hybridized carbons (Fsp3) is 0.355. The number of carbonyl (C=O) groups excluding carboxylic acids is 2. The third-order valence-corrected chi connectivity index (χ3v) is 8.25. The molecule has 4 aromatic rings. The number of amides is 2. The molecule has 2 saturated heterocycles. The molecule has 0 radical (unpaired) electrons. The van der Waals surface area contributed by atoms with Gasteiger partial charge in [0, 0.05) is 60.8 Å². The molecule has 10 nitrogen and oxygen atoms in total. The second-order valence-electron chi connectivity index (χ2n) is 11.0. The number of methoxy groups -OCH3 is 1. The Kier molecular flexibility index (Phi) is 7.94. The van der Waals surface area contributed by atoms with E-state index in [4.69, 9.17) is 4.74 Å². The third kappa shape index (κ3) is 5.62. The topological polar surface area (TPSA) is 113 Å². The molecule has 2 aromatic heterocycles. The van der Waals surface area contributed by atoms with Crippen LogP contribution in [0.4, 0.5) is 20.3 Å². The van der Waals surface area contributed by atoms with Gasteiger partial charge in [0.05, 0.1) is 19.0 Å². The Morgan fingerprint density at radius 3 is 2.60 bits per heavy atom. The summed E-state index contributed by atoms with van der Waals surface area (Å²) >= 11 is 0. The molecule has 0 aliphatic carbocycles. The molecule has 224 valence electrons. The van der Waals surface area contributed by atoms with Crippen molar-refractivity contribution in [3.05, 3.63) is 71.7 Å². The first-order valence-electron chi connectivity index (χ1n) is 14.4. The number of anilines is 2. The lowest BCUT2D eigenvalue weighted by Gasteiger charge is -2.32. The van der Waals surface area contributed by atoms with Crippen molar-refractivity contribution in [2.24, 2.45) is 5.92 Å². The zero-order valence-electron chi connectivity index (χ0n) is 24.0. The predicted molar refractivity (Wildman–Crippen MR) is 157 cm³/mol. The Morgan fingerprint density at radius 1 is 1.07 bits per heavy atom. The molecule has 2 aromatic carbocycles. The van der Waals surface area contributed by atoms with Crippen molar-refractivity contribution >= 4 is 29.0 Å². The molecule has 0 bridgehead atoms. The molecule has 2 fully saturated rings. The lowest BCUT2D eigenvalue weighted by Crippen LogP contribution is -2.45. The Balaban J connectivity index is 1.14. The number of rotatable bonds is 7. The number of ether oxygens (including phenoxy) is 1. The molecule has 0 saturated carbocycles. The van der Waals surface area contributed by atoms with Crippen LogP contribution in [0.15, 0.2) is 48.9 Å². The number of aryl methyl sites for hydroxylation is 1. The first kappa shape index (κ1) is 28.5. The van der Waals surface area contributed by atoms with Gasteiger partial charge >= 0.3 is 0 Å². The van der Waals surface area contributed by atoms with Gasteiger partial charge in [0.1, 0.15) is 0 Å². The summed E-state index contributed by atoms with van der Waals surface area (Å²) in [6, 6.07) is 8.44. The number of likely N-dealkylation sites (tertiary alicyclic amines) is 1. The van der Waals surface area contributed by atoms with Crippen molar-refractivity contribution in [1.82, 2.24) is 29.9 Å². The van der Waals surface area contributed by atoms with Crippen molar-refractivity contribution in [2.75, 3.05) is 38.6 Å². The van der Waals surface area contributed by atoms with Crippen molar-refractivity contribution in [1.29, 1.82) is 0 Å². The summed E-state index contributed by atoms with van der Waals surface area (Å²) in [6.45, 7) is 4.68. The van der Waals surface area contributed by atoms with E-state index in [0.29, 0.717) is 54.3 Å². The lowest BCUT2D eigenvalue weighted by molar-refractivity contribution is -0.126. The van der Waals surface area contributed by atoms with Gasteiger partial charge in [0.15, 0.2) is 23.0 Å². The van der Waals surface area contributed by atoms with Crippen molar-refractivity contribution < 1.29 is 23.1 Å². The molecule has 1 unspecified atom stereocenters. The van der Waals surface area contributed by atoms with Gasteiger partial charge in [0.25, 0.3) is 5.91 Å². The molecule has 0 spiro atoms. The third-order valence-electron chi connectivity index (χ3n) is 8.25. The summed E-state index contributed by atoms with van der Waals surface area (Å²) in [4.78, 5) is 36.6. The number of halogens is 2. The minimum atomic E-state index is -1.07. The van der Waals surface area contributed by atoms with Gasteiger partial charge in [-0.15, -0.1) is 0 Å². The van der Waals surface area contributed by atoms with Crippen LogP contribution in [0, 0.1) is 24.5 Å². The Hall–Kier alpha value is -4.58. The number of hydrogen-bond donors (Lipinski definition) is 3. The van der Waals surface area contributed by atoms with E-state index in [-0.39, 0.29) is 35.1 Å². The van der Waals surface area contributed by atoms with Gasteiger partial charge in [-0.1, -0.05) is 0 Å². The zero-order chi connectivity index (χ0) is 30.1. The summed E-state index contributed by atoms with van der Waals surface area (Å²) in [6.07, 6.45) is 6.86. The fourth-order valence-corrected chi connectivity index (χ4v) is 5.82. The number of benzene rings is 2. The number of nitrogens with zero attached hydrogens (tertiary/aromatic N) is 4. The van der Waals surface area contributed by atoms with Crippen LogP contribution in [0.1, 0.15) is 35.2 Å². The number of fused-ring (bicyclic) bond motifs is 1. The molecule has 4 heterocycles. The maximum Gasteiger partial charge on any atom is 0.254 e. The first-order valence-corrected chi connectivity index (χ1v) is 14.4. The number of hydrogen-bond acceptors (Lipinski definition) is 7. The van der Waals surface area contributed by atoms with Crippen LogP contribution in [0.25, 0.3) is 16.9 Å². The van der Waals surface area contributed by atoms with E-state index < -0.39 is 11.6 Å². The van der Waals surface area contributed by atoms with E-state index in [1.165, 1.54) is 31.6 Å². The SMILES string of the molecule is COc1ccc(-c2cnc3c(Nc4ccc(C(=O)N5CCC(C(=O)NC6CCNC6)CC5)c(C)c4)nccn23)c(F)c1F. The quantitative estimate of drug-likeness (QED) is 0.298. The lowest BCUT2D eigenvalue weighted by atomic mass is 9.94. The average Bonchev–Trinajstić information content (AvgIpc) is 3.69. The van der Waals surface area contributed by atoms with Gasteiger partial charge in [-0.3, -0.25) is 14.0 Å². The summed E-state index contributed by atoms with van der Waals surface area (Å²) < 4.78 is 35.7. The van der Waals surface area contributed by atoms with E-state index in [0.717, 1.165) is 25.1 Å². The summed E-state index contributed by atoms with van der Waals surface area (Å²) in [5.41, 5.74) is 2.89. The summed E-state index contributed by atoms with van der Waals surface area (Å²) in [5, 5.41) is 9.62. The normalized spacial score (nSPS) is 17.3. The van der Waals surface area contributed by atoms with E-state index in [9.17, 15) is 18.4 Å². The second kappa shape index (κ2) is 12.0. The highest BCUT2D eigenvalue weighted by atomic mass is 19.2. The first-order chi connectivity index (χ1) is 20.8. The van der Waals surface area contributed by atoms with E-state index in [1.54, 1.807) is 22.7 Å². The van der Waals surface area contributed by atoms with Crippen LogP contribution >= 0.6 is 0 Å². The minimum Gasteiger partial charge on any atom is -0.494 e. The molecule has 2 aliphatic rings. The van der Waals surface area contributed by atoms with Crippen LogP contribution in [0.2, 0.25) is 0 Å². The van der Waals surface area contributed by atoms with Gasteiger partial charge in [-0.2, -0.15) is 4.39 Å². The Labute approximate surface area is 247 Å². The van der Waals surface area contributed by atoms with Gasteiger partial charge < -0.3 is 25.6 Å². The van der Waals surface area contributed by atoms with Crippen LogP contribution in [-0.2, 0) is 4.79 Å². The number of aromatic nitrogens is 3. The van der Waals surface area contributed by atoms with Crippen LogP contribution < -0.4 is 20.7 Å². The van der Waals surface area contributed by atoms with Crippen LogP contribution in [0.3, 0.4) is 0 Å².